The summed E-state index contributed by atoms with van der Waals surface area (Å²) in [5, 5.41) is 11.1. The minimum Gasteiger partial charge on any atom is -0.440 e. The van der Waals surface area contributed by atoms with E-state index in [1.807, 2.05) is 36.4 Å². The van der Waals surface area contributed by atoms with Crippen LogP contribution in [0.2, 0.25) is 5.02 Å². The number of hydrogen-bond donors (Lipinski definition) is 1. The van der Waals surface area contributed by atoms with Crippen molar-refractivity contribution < 1.29 is 14.4 Å². The second-order valence-electron chi connectivity index (χ2n) is 7.86. The van der Waals surface area contributed by atoms with Crippen LogP contribution in [-0.2, 0) is 0 Å². The molecule has 0 bridgehead atoms. The first-order valence-corrected chi connectivity index (χ1v) is 10.9. The molecule has 0 unspecified atom stereocenters. The van der Waals surface area contributed by atoms with Gasteiger partial charge in [0.1, 0.15) is 5.69 Å². The number of benzene rings is 2. The van der Waals surface area contributed by atoms with E-state index in [1.54, 1.807) is 11.8 Å². The van der Waals surface area contributed by atoms with Crippen LogP contribution in [-0.4, -0.2) is 45.8 Å². The van der Waals surface area contributed by atoms with Crippen LogP contribution in [0.25, 0.3) is 22.6 Å². The van der Waals surface area contributed by atoms with Crippen molar-refractivity contribution in [3.05, 3.63) is 65.0 Å². The lowest BCUT2D eigenvalue weighted by atomic mass is 9.97. The van der Waals surface area contributed by atoms with E-state index in [0.717, 1.165) is 40.5 Å². The van der Waals surface area contributed by atoms with Crippen LogP contribution in [0.1, 0.15) is 37.1 Å². The normalized spacial score (nSPS) is 14.6. The lowest BCUT2D eigenvalue weighted by Gasteiger charge is -2.32. The molecular weight excluding hydrogens is 414 g/mol. The van der Waals surface area contributed by atoms with Gasteiger partial charge in [-0.05, 0) is 38.8 Å². The molecule has 1 N–H and O–H groups in total. The summed E-state index contributed by atoms with van der Waals surface area (Å²) in [7, 11) is 0. The topological polar surface area (TPSA) is 69.8 Å². The van der Waals surface area contributed by atoms with Crippen molar-refractivity contribution in [3.63, 3.8) is 0 Å². The van der Waals surface area contributed by atoms with Gasteiger partial charge >= 0.3 is 6.03 Å². The highest BCUT2D eigenvalue weighted by atomic mass is 35.5. The Morgan fingerprint density at radius 2 is 1.74 bits per heavy atom. The number of carbonyl (C=O) groups is 1. The number of halogens is 1. The Hall–Kier alpha value is -2.83. The van der Waals surface area contributed by atoms with Gasteiger partial charge in [-0.3, -0.25) is 5.21 Å². The first kappa shape index (κ1) is 21.4. The van der Waals surface area contributed by atoms with Gasteiger partial charge in [-0.25, -0.2) is 14.8 Å². The van der Waals surface area contributed by atoms with E-state index in [4.69, 9.17) is 21.0 Å². The molecule has 0 aliphatic carbocycles. The number of carbonyl (C=O) groups excluding carboxylic acids is 1. The number of hydrogen-bond acceptors (Lipinski definition) is 4. The van der Waals surface area contributed by atoms with E-state index in [-0.39, 0.29) is 18.5 Å². The van der Waals surface area contributed by atoms with Crippen LogP contribution in [0.5, 0.6) is 0 Å². The molecule has 6 nitrogen and oxygen atoms in total. The summed E-state index contributed by atoms with van der Waals surface area (Å²) in [6, 6.07) is 15.4. The SMILES string of the molecule is CCN(O)C(=O)N1CCC(c2nc(-c3ccc(Cl)cc3)c(-c3ccc(C)cc3)o2)CC1. The second-order valence-corrected chi connectivity index (χ2v) is 8.30. The Kier molecular flexibility index (Phi) is 6.30. The fourth-order valence-electron chi connectivity index (χ4n) is 3.83. The lowest BCUT2D eigenvalue weighted by molar-refractivity contribution is -0.0543. The minimum absolute atomic E-state index is 0.114. The molecule has 1 aliphatic rings. The lowest BCUT2D eigenvalue weighted by Crippen LogP contribution is -2.45. The predicted octanol–water partition coefficient (Wildman–Crippen LogP) is 5.98. The largest absolute Gasteiger partial charge is 0.440 e. The van der Waals surface area contributed by atoms with Gasteiger partial charge in [0.2, 0.25) is 0 Å². The number of aryl methyl sites for hydroxylation is 1. The van der Waals surface area contributed by atoms with Crippen molar-refractivity contribution in [2.75, 3.05) is 19.6 Å². The third-order valence-corrected chi connectivity index (χ3v) is 5.96. The summed E-state index contributed by atoms with van der Waals surface area (Å²) in [5.41, 5.74) is 3.89. The number of likely N-dealkylation sites (tertiary alicyclic amines) is 1. The van der Waals surface area contributed by atoms with E-state index in [9.17, 15) is 10.0 Å². The van der Waals surface area contributed by atoms with Gasteiger partial charge in [0.05, 0.1) is 0 Å². The highest BCUT2D eigenvalue weighted by Crippen LogP contribution is 2.37. The molecule has 162 valence electrons. The molecule has 7 heteroatoms. The van der Waals surface area contributed by atoms with E-state index in [2.05, 4.69) is 19.1 Å². The molecule has 0 radical (unpaired) electrons. The Labute approximate surface area is 187 Å². The number of rotatable bonds is 4. The van der Waals surface area contributed by atoms with Gasteiger partial charge < -0.3 is 9.32 Å². The maximum atomic E-state index is 12.2. The summed E-state index contributed by atoms with van der Waals surface area (Å²) < 4.78 is 6.32. The number of hydroxylamine groups is 2. The van der Waals surface area contributed by atoms with Crippen molar-refractivity contribution in [2.45, 2.75) is 32.6 Å². The molecule has 2 amide bonds. The van der Waals surface area contributed by atoms with Crippen LogP contribution < -0.4 is 0 Å². The van der Waals surface area contributed by atoms with E-state index >= 15 is 0 Å². The molecule has 0 atom stereocenters. The maximum absolute atomic E-state index is 12.2. The summed E-state index contributed by atoms with van der Waals surface area (Å²) in [6.07, 6.45) is 1.47. The molecule has 4 rings (SSSR count). The minimum atomic E-state index is -0.351. The Balaban J connectivity index is 1.62. The smallest absolute Gasteiger partial charge is 0.343 e. The Bertz CT molecular complexity index is 976. The number of amides is 2. The highest BCUT2D eigenvalue weighted by Gasteiger charge is 2.30. The van der Waals surface area contributed by atoms with Crippen LogP contribution >= 0.6 is 11.6 Å². The van der Waals surface area contributed by atoms with E-state index in [1.165, 1.54) is 5.56 Å². The third kappa shape index (κ3) is 4.60. The zero-order chi connectivity index (χ0) is 22.0. The van der Waals surface area contributed by atoms with Crippen molar-refractivity contribution in [3.8, 4) is 22.6 Å². The summed E-state index contributed by atoms with van der Waals surface area (Å²) in [5.74, 6) is 1.54. The predicted molar refractivity (Wildman–Crippen MR) is 120 cm³/mol. The average Bonchev–Trinajstić information content (AvgIpc) is 3.24. The monoisotopic (exact) mass is 439 g/mol. The molecular formula is C24H26ClN3O3. The van der Waals surface area contributed by atoms with Crippen LogP contribution in [0.15, 0.2) is 52.9 Å². The molecule has 0 saturated carbocycles. The molecule has 1 aliphatic heterocycles. The fourth-order valence-corrected chi connectivity index (χ4v) is 3.96. The number of piperidine rings is 1. The number of aromatic nitrogens is 1. The summed E-state index contributed by atoms with van der Waals surface area (Å²) in [6.45, 7) is 5.17. The van der Waals surface area contributed by atoms with Crippen molar-refractivity contribution in [1.82, 2.24) is 14.9 Å². The summed E-state index contributed by atoms with van der Waals surface area (Å²) in [4.78, 5) is 18.8. The van der Waals surface area contributed by atoms with Crippen molar-refractivity contribution in [1.29, 1.82) is 0 Å². The number of urea groups is 1. The second kappa shape index (κ2) is 9.12. The zero-order valence-corrected chi connectivity index (χ0v) is 18.5. The standard InChI is InChI=1S/C24H26ClN3O3/c1-3-28(30)24(29)27-14-12-19(13-15-27)23-26-21(17-8-10-20(25)11-9-17)22(31-23)18-6-4-16(2)5-7-18/h4-11,19,30H,3,12-15H2,1-2H3. The van der Waals surface area contributed by atoms with Gasteiger partial charge in [-0.15, -0.1) is 0 Å². The zero-order valence-electron chi connectivity index (χ0n) is 17.7. The molecule has 0 spiro atoms. The van der Waals surface area contributed by atoms with Gasteiger partial charge in [0.15, 0.2) is 11.7 Å². The number of oxazole rings is 1. The van der Waals surface area contributed by atoms with Gasteiger partial charge in [-0.2, -0.15) is 0 Å². The van der Waals surface area contributed by atoms with Gasteiger partial charge in [0, 0.05) is 41.7 Å². The van der Waals surface area contributed by atoms with Crippen molar-refractivity contribution in [2.24, 2.45) is 0 Å². The van der Waals surface area contributed by atoms with Crippen LogP contribution in [0, 0.1) is 6.92 Å². The Morgan fingerprint density at radius 3 is 2.35 bits per heavy atom. The van der Waals surface area contributed by atoms with E-state index < -0.39 is 0 Å². The average molecular weight is 440 g/mol. The molecule has 31 heavy (non-hydrogen) atoms. The first-order chi connectivity index (χ1) is 15.0. The van der Waals surface area contributed by atoms with Crippen LogP contribution in [0.4, 0.5) is 4.79 Å². The fraction of sp³-hybridized carbons (Fsp3) is 0.333. The van der Waals surface area contributed by atoms with Crippen LogP contribution in [0.3, 0.4) is 0 Å². The molecule has 2 aromatic carbocycles. The van der Waals surface area contributed by atoms with Crippen molar-refractivity contribution >= 4 is 17.6 Å². The maximum Gasteiger partial charge on any atom is 0.343 e. The molecule has 1 aromatic heterocycles. The van der Waals surface area contributed by atoms with Gasteiger partial charge in [-0.1, -0.05) is 53.6 Å². The van der Waals surface area contributed by atoms with Gasteiger partial charge in [0.25, 0.3) is 0 Å². The third-order valence-electron chi connectivity index (χ3n) is 5.71. The first-order valence-electron chi connectivity index (χ1n) is 10.5. The highest BCUT2D eigenvalue weighted by molar-refractivity contribution is 6.30. The van der Waals surface area contributed by atoms with E-state index in [0.29, 0.717) is 24.0 Å². The Morgan fingerprint density at radius 1 is 1.13 bits per heavy atom. The summed E-state index contributed by atoms with van der Waals surface area (Å²) >= 11 is 6.07. The number of nitrogens with zero attached hydrogens (tertiary/aromatic N) is 3. The quantitative estimate of drug-likeness (QED) is 0.401. The molecule has 3 aromatic rings. The molecule has 1 saturated heterocycles. The molecule has 1 fully saturated rings. The molecule has 2 heterocycles.